The van der Waals surface area contributed by atoms with E-state index in [0.717, 1.165) is 12.1 Å². The van der Waals surface area contributed by atoms with Crippen LogP contribution in [0.1, 0.15) is 12.5 Å². The second kappa shape index (κ2) is 5.40. The quantitative estimate of drug-likeness (QED) is 0.855. The van der Waals surface area contributed by atoms with Crippen molar-refractivity contribution >= 4 is 11.7 Å². The van der Waals surface area contributed by atoms with Gasteiger partial charge in [0.2, 0.25) is 0 Å². The Morgan fingerprint density at radius 1 is 1.44 bits per heavy atom. The molecule has 2 amide bonds. The molecule has 0 radical (unpaired) electrons. The predicted molar refractivity (Wildman–Crippen MR) is 58.7 cm³/mol. The third-order valence-corrected chi connectivity index (χ3v) is 1.99. The first kappa shape index (κ1) is 13.8. The predicted octanol–water partition coefficient (Wildman–Crippen LogP) is 2.74. The zero-order valence-corrected chi connectivity index (χ0v) is 9.38. The van der Waals surface area contributed by atoms with Gasteiger partial charge in [-0.3, -0.25) is 0 Å². The first-order chi connectivity index (χ1) is 8.32. The van der Waals surface area contributed by atoms with Gasteiger partial charge >= 0.3 is 12.2 Å². The molecule has 0 heterocycles. The summed E-state index contributed by atoms with van der Waals surface area (Å²) in [6, 6.07) is 4.54. The third-order valence-electron chi connectivity index (χ3n) is 1.99. The molecule has 4 nitrogen and oxygen atoms in total. The van der Waals surface area contributed by atoms with E-state index >= 15 is 0 Å². The maximum absolute atomic E-state index is 12.4. The number of anilines is 1. The van der Waals surface area contributed by atoms with Crippen molar-refractivity contribution in [3.8, 4) is 6.07 Å². The molecule has 1 unspecified atom stereocenters. The van der Waals surface area contributed by atoms with E-state index in [4.69, 9.17) is 5.26 Å². The summed E-state index contributed by atoms with van der Waals surface area (Å²) in [5.41, 5.74) is -0.846. The number of nitrogens with one attached hydrogen (secondary N) is 2. The van der Waals surface area contributed by atoms with Crippen LogP contribution in [0.3, 0.4) is 0 Å². The van der Waals surface area contributed by atoms with Gasteiger partial charge in [0.15, 0.2) is 0 Å². The SMILES string of the molecule is CC(C#N)NC(=O)Nc1cccc(C(F)(F)F)c1. The van der Waals surface area contributed by atoms with E-state index in [1.54, 1.807) is 6.07 Å². The van der Waals surface area contributed by atoms with Crippen LogP contribution in [0, 0.1) is 11.3 Å². The van der Waals surface area contributed by atoms with Gasteiger partial charge in [-0.15, -0.1) is 0 Å². The van der Waals surface area contributed by atoms with Crippen LogP contribution in [-0.2, 0) is 6.18 Å². The van der Waals surface area contributed by atoms with Crippen molar-refractivity contribution in [1.29, 1.82) is 5.26 Å². The van der Waals surface area contributed by atoms with Crippen LogP contribution in [0.4, 0.5) is 23.7 Å². The Morgan fingerprint density at radius 3 is 2.67 bits per heavy atom. The molecule has 2 N–H and O–H groups in total. The highest BCUT2D eigenvalue weighted by Crippen LogP contribution is 2.30. The summed E-state index contributed by atoms with van der Waals surface area (Å²) in [4.78, 5) is 11.3. The molecule has 0 spiro atoms. The molecule has 1 aromatic rings. The number of nitrogens with zero attached hydrogens (tertiary/aromatic N) is 1. The van der Waals surface area contributed by atoms with Gasteiger partial charge in [-0.25, -0.2) is 4.79 Å². The molecule has 0 bridgehead atoms. The van der Waals surface area contributed by atoms with Crippen LogP contribution >= 0.6 is 0 Å². The van der Waals surface area contributed by atoms with Crippen LogP contribution in [-0.4, -0.2) is 12.1 Å². The van der Waals surface area contributed by atoms with Gasteiger partial charge < -0.3 is 10.6 Å². The summed E-state index contributed by atoms with van der Waals surface area (Å²) in [6.07, 6.45) is -4.46. The molecule has 0 saturated carbocycles. The van der Waals surface area contributed by atoms with Crippen LogP contribution < -0.4 is 10.6 Å². The normalized spacial score (nSPS) is 12.4. The summed E-state index contributed by atoms with van der Waals surface area (Å²) in [5, 5.41) is 12.9. The van der Waals surface area contributed by atoms with Crippen LogP contribution in [0.2, 0.25) is 0 Å². The molecular weight excluding hydrogens is 247 g/mol. The maximum atomic E-state index is 12.4. The second-order valence-electron chi connectivity index (χ2n) is 3.53. The molecule has 0 aliphatic heterocycles. The topological polar surface area (TPSA) is 64.9 Å². The van der Waals surface area contributed by atoms with Gasteiger partial charge in [-0.05, 0) is 25.1 Å². The minimum Gasteiger partial charge on any atom is -0.322 e. The number of hydrogen-bond donors (Lipinski definition) is 2. The molecular formula is C11H10F3N3O. The molecule has 0 aliphatic rings. The lowest BCUT2D eigenvalue weighted by atomic mass is 10.2. The Balaban J connectivity index is 2.75. The van der Waals surface area contributed by atoms with Gasteiger partial charge in [0.25, 0.3) is 0 Å². The first-order valence-corrected chi connectivity index (χ1v) is 4.97. The highest BCUT2D eigenvalue weighted by molar-refractivity contribution is 5.89. The lowest BCUT2D eigenvalue weighted by Gasteiger charge is -2.11. The van der Waals surface area contributed by atoms with E-state index in [0.29, 0.717) is 0 Å². The van der Waals surface area contributed by atoms with Crippen LogP contribution in [0.25, 0.3) is 0 Å². The highest BCUT2D eigenvalue weighted by atomic mass is 19.4. The van der Waals surface area contributed by atoms with Crippen LogP contribution in [0.5, 0.6) is 0 Å². The Morgan fingerprint density at radius 2 is 2.11 bits per heavy atom. The number of rotatable bonds is 2. The fourth-order valence-corrected chi connectivity index (χ4v) is 1.17. The average molecular weight is 257 g/mol. The smallest absolute Gasteiger partial charge is 0.322 e. The Bertz CT molecular complexity index is 479. The molecule has 0 saturated heterocycles. The molecule has 18 heavy (non-hydrogen) atoms. The summed E-state index contributed by atoms with van der Waals surface area (Å²) in [6.45, 7) is 1.45. The van der Waals surface area contributed by atoms with Crippen molar-refractivity contribution in [1.82, 2.24) is 5.32 Å². The fraction of sp³-hybridized carbons (Fsp3) is 0.273. The van der Waals surface area contributed by atoms with Gasteiger partial charge in [0.1, 0.15) is 6.04 Å². The van der Waals surface area contributed by atoms with E-state index in [1.165, 1.54) is 19.1 Å². The zero-order valence-electron chi connectivity index (χ0n) is 9.38. The highest BCUT2D eigenvalue weighted by Gasteiger charge is 2.30. The maximum Gasteiger partial charge on any atom is 0.416 e. The Hall–Kier alpha value is -2.23. The number of halogens is 3. The number of benzene rings is 1. The molecule has 7 heteroatoms. The third kappa shape index (κ3) is 3.97. The van der Waals surface area contributed by atoms with Gasteiger partial charge in [-0.2, -0.15) is 18.4 Å². The van der Waals surface area contributed by atoms with E-state index in [2.05, 4.69) is 10.6 Å². The summed E-state index contributed by atoms with van der Waals surface area (Å²) >= 11 is 0. The molecule has 0 fully saturated rings. The lowest BCUT2D eigenvalue weighted by molar-refractivity contribution is -0.137. The van der Waals surface area contributed by atoms with E-state index < -0.39 is 23.8 Å². The number of amides is 2. The Labute approximate surface area is 101 Å². The summed E-state index contributed by atoms with van der Waals surface area (Å²) in [5.74, 6) is 0. The molecule has 1 rings (SSSR count). The fourth-order valence-electron chi connectivity index (χ4n) is 1.17. The second-order valence-corrected chi connectivity index (χ2v) is 3.53. The standard InChI is InChI=1S/C11H10F3N3O/c1-7(6-15)16-10(18)17-9-4-2-3-8(5-9)11(12,13)14/h2-5,7H,1H3,(H2,16,17,18). The molecule has 0 aromatic heterocycles. The van der Waals surface area contributed by atoms with Crippen molar-refractivity contribution in [2.45, 2.75) is 19.1 Å². The summed E-state index contributed by atoms with van der Waals surface area (Å²) < 4.78 is 37.2. The van der Waals surface area contributed by atoms with Crippen molar-refractivity contribution in [3.63, 3.8) is 0 Å². The number of carbonyl (C=O) groups is 1. The Kier molecular flexibility index (Phi) is 4.15. The first-order valence-electron chi connectivity index (χ1n) is 4.97. The van der Waals surface area contributed by atoms with Crippen molar-refractivity contribution in [2.75, 3.05) is 5.32 Å². The summed E-state index contributed by atoms with van der Waals surface area (Å²) in [7, 11) is 0. The molecule has 1 atom stereocenters. The monoisotopic (exact) mass is 257 g/mol. The minimum atomic E-state index is -4.46. The lowest BCUT2D eigenvalue weighted by Crippen LogP contribution is -2.35. The average Bonchev–Trinajstić information content (AvgIpc) is 2.27. The van der Waals surface area contributed by atoms with E-state index in [-0.39, 0.29) is 5.69 Å². The number of hydrogen-bond acceptors (Lipinski definition) is 2. The molecule has 0 aliphatic carbocycles. The van der Waals surface area contributed by atoms with Crippen molar-refractivity contribution < 1.29 is 18.0 Å². The zero-order chi connectivity index (χ0) is 13.8. The molecule has 1 aromatic carbocycles. The number of carbonyl (C=O) groups excluding carboxylic acids is 1. The molecule has 96 valence electrons. The number of alkyl halides is 3. The van der Waals surface area contributed by atoms with Crippen molar-refractivity contribution in [3.05, 3.63) is 29.8 Å². The number of urea groups is 1. The van der Waals surface area contributed by atoms with Gasteiger partial charge in [-0.1, -0.05) is 6.07 Å². The van der Waals surface area contributed by atoms with E-state index in [1.807, 2.05) is 0 Å². The van der Waals surface area contributed by atoms with Crippen molar-refractivity contribution in [2.24, 2.45) is 0 Å². The van der Waals surface area contributed by atoms with Crippen LogP contribution in [0.15, 0.2) is 24.3 Å². The minimum absolute atomic E-state index is 0.00691. The number of nitriles is 1. The largest absolute Gasteiger partial charge is 0.416 e. The van der Waals surface area contributed by atoms with Gasteiger partial charge in [0.05, 0.1) is 11.6 Å². The van der Waals surface area contributed by atoms with E-state index in [9.17, 15) is 18.0 Å². The van der Waals surface area contributed by atoms with Gasteiger partial charge in [0, 0.05) is 5.69 Å².